The second-order valence-corrected chi connectivity index (χ2v) is 16.2. The number of benzene rings is 8. The summed E-state index contributed by atoms with van der Waals surface area (Å²) in [6, 6.07) is 69.9. The van der Waals surface area contributed by atoms with E-state index in [1.54, 1.807) is 0 Å². The Morgan fingerprint density at radius 1 is 0.356 bits per heavy atom. The highest BCUT2D eigenvalue weighted by Crippen LogP contribution is 2.52. The predicted molar refractivity (Wildman–Crippen MR) is 245 cm³/mol. The van der Waals surface area contributed by atoms with E-state index in [1.807, 2.05) is 0 Å². The van der Waals surface area contributed by atoms with E-state index in [0.29, 0.717) is 5.95 Å². The molecule has 0 N–H and O–H groups in total. The van der Waals surface area contributed by atoms with Gasteiger partial charge >= 0.3 is 0 Å². The molecule has 1 aliphatic rings. The van der Waals surface area contributed by atoms with Crippen LogP contribution in [-0.4, -0.2) is 19.1 Å². The van der Waals surface area contributed by atoms with Gasteiger partial charge in [-0.3, -0.25) is 4.57 Å². The summed E-state index contributed by atoms with van der Waals surface area (Å²) in [5.41, 5.74) is 16.9. The number of hydrogen-bond acceptors (Lipinski definition) is 2. The van der Waals surface area contributed by atoms with Crippen molar-refractivity contribution >= 4 is 43.6 Å². The fraction of sp³-hybridized carbons (Fsp3) is 0.0545. The monoisotopic (exact) mass is 754 g/mol. The Kier molecular flexibility index (Phi) is 7.24. The Balaban J connectivity index is 1.06. The molecule has 278 valence electrons. The molecule has 0 saturated heterocycles. The first-order chi connectivity index (χ1) is 29.0. The molecule has 0 spiro atoms. The molecule has 0 fully saturated rings. The van der Waals surface area contributed by atoms with Crippen molar-refractivity contribution in [3.05, 3.63) is 205 Å². The van der Waals surface area contributed by atoms with Gasteiger partial charge in [-0.15, -0.1) is 0 Å². The van der Waals surface area contributed by atoms with E-state index in [1.165, 1.54) is 66.1 Å². The Morgan fingerprint density at radius 3 is 1.56 bits per heavy atom. The second kappa shape index (κ2) is 12.7. The standard InChI is InChI=1S/C55H38N4/c1-55(2)46-31-39(58-50-25-12-9-22-41(50)42-23-10-13-26-51(42)58)28-29-40(46)44-32-45-43-24-11-14-27-52(43)59(53(45)33-47(44)55)54-56-48(36-18-7-4-8-19-36)34-49(57-54)38-21-15-20-37(30-38)35-16-5-3-6-17-35/h3-34H,1-2H3. The van der Waals surface area contributed by atoms with Crippen LogP contribution in [0.1, 0.15) is 25.0 Å². The van der Waals surface area contributed by atoms with Crippen molar-refractivity contribution in [2.24, 2.45) is 0 Å². The molecule has 1 aliphatic carbocycles. The molecule has 0 saturated carbocycles. The average molecular weight is 755 g/mol. The minimum absolute atomic E-state index is 0.259. The molecule has 12 rings (SSSR count). The SMILES string of the molecule is CC1(C)c2cc(-n3c4ccccc4c4ccccc43)ccc2-c2cc3c4ccccc4n(-c4nc(-c5ccccc5)cc(-c5cccc(-c6ccccc6)c5)n4)c3cc21. The molecule has 4 heteroatoms. The predicted octanol–water partition coefficient (Wildman–Crippen LogP) is 14.0. The Hall–Kier alpha value is -7.56. The van der Waals surface area contributed by atoms with Gasteiger partial charge in [0.05, 0.1) is 33.5 Å². The van der Waals surface area contributed by atoms with Gasteiger partial charge in [-0.2, -0.15) is 0 Å². The molecule has 0 aliphatic heterocycles. The van der Waals surface area contributed by atoms with Crippen LogP contribution in [-0.2, 0) is 5.41 Å². The van der Waals surface area contributed by atoms with Crippen LogP contribution >= 0.6 is 0 Å². The molecule has 3 heterocycles. The molecule has 11 aromatic rings. The van der Waals surface area contributed by atoms with E-state index in [9.17, 15) is 0 Å². The molecule has 59 heavy (non-hydrogen) atoms. The Labute approximate surface area is 342 Å². The van der Waals surface area contributed by atoms with Crippen LogP contribution in [0.3, 0.4) is 0 Å². The van der Waals surface area contributed by atoms with Gasteiger partial charge < -0.3 is 4.57 Å². The van der Waals surface area contributed by atoms with Crippen molar-refractivity contribution in [1.82, 2.24) is 19.1 Å². The van der Waals surface area contributed by atoms with Crippen LogP contribution < -0.4 is 0 Å². The fourth-order valence-corrected chi connectivity index (χ4v) is 9.67. The number of nitrogens with zero attached hydrogens (tertiary/aromatic N) is 4. The quantitative estimate of drug-likeness (QED) is 0.175. The van der Waals surface area contributed by atoms with Gasteiger partial charge in [-0.05, 0) is 88.0 Å². The van der Waals surface area contributed by atoms with Crippen LogP contribution in [0.5, 0.6) is 0 Å². The third kappa shape index (κ3) is 5.09. The Morgan fingerprint density at radius 2 is 0.881 bits per heavy atom. The van der Waals surface area contributed by atoms with Crippen molar-refractivity contribution in [3.8, 4) is 56.4 Å². The zero-order valence-electron chi connectivity index (χ0n) is 32.8. The summed E-state index contributed by atoms with van der Waals surface area (Å²) in [5.74, 6) is 0.652. The number of hydrogen-bond donors (Lipinski definition) is 0. The van der Waals surface area contributed by atoms with Crippen LogP contribution in [0, 0.1) is 0 Å². The number of fused-ring (bicyclic) bond motifs is 9. The summed E-state index contributed by atoms with van der Waals surface area (Å²) in [5, 5.41) is 4.91. The van der Waals surface area contributed by atoms with Crippen molar-refractivity contribution < 1.29 is 0 Å². The summed E-state index contributed by atoms with van der Waals surface area (Å²) in [6.45, 7) is 4.74. The van der Waals surface area contributed by atoms with Crippen molar-refractivity contribution in [2.45, 2.75) is 19.3 Å². The lowest BCUT2D eigenvalue weighted by Crippen LogP contribution is -2.15. The molecule has 4 nitrogen and oxygen atoms in total. The number of para-hydroxylation sites is 3. The fourth-order valence-electron chi connectivity index (χ4n) is 9.67. The van der Waals surface area contributed by atoms with Gasteiger partial charge in [0.15, 0.2) is 0 Å². The van der Waals surface area contributed by atoms with Gasteiger partial charge in [0.1, 0.15) is 0 Å². The first-order valence-corrected chi connectivity index (χ1v) is 20.3. The lowest BCUT2D eigenvalue weighted by atomic mass is 9.82. The van der Waals surface area contributed by atoms with E-state index in [2.05, 4.69) is 217 Å². The van der Waals surface area contributed by atoms with Crippen LogP contribution in [0.25, 0.3) is 100 Å². The van der Waals surface area contributed by atoms with Gasteiger partial charge in [-0.1, -0.05) is 153 Å². The summed E-state index contributed by atoms with van der Waals surface area (Å²) < 4.78 is 4.71. The van der Waals surface area contributed by atoms with Crippen LogP contribution in [0.15, 0.2) is 194 Å². The smallest absolute Gasteiger partial charge is 0.235 e. The molecule has 0 unspecified atom stereocenters. The molecule has 0 radical (unpaired) electrons. The third-order valence-electron chi connectivity index (χ3n) is 12.5. The van der Waals surface area contributed by atoms with Crippen molar-refractivity contribution in [3.63, 3.8) is 0 Å². The topological polar surface area (TPSA) is 35.6 Å². The Bertz CT molecular complexity index is 3410. The van der Waals surface area contributed by atoms with Gasteiger partial charge in [0.25, 0.3) is 0 Å². The molecular weight excluding hydrogens is 717 g/mol. The minimum Gasteiger partial charge on any atom is -0.309 e. The molecule has 3 aromatic heterocycles. The summed E-state index contributed by atoms with van der Waals surface area (Å²) in [4.78, 5) is 10.8. The number of aromatic nitrogens is 4. The molecule has 8 aromatic carbocycles. The second-order valence-electron chi connectivity index (χ2n) is 16.2. The number of rotatable bonds is 5. The van der Waals surface area contributed by atoms with E-state index >= 15 is 0 Å². The highest BCUT2D eigenvalue weighted by Gasteiger charge is 2.37. The van der Waals surface area contributed by atoms with Crippen molar-refractivity contribution in [2.75, 3.05) is 0 Å². The average Bonchev–Trinajstić information content (AvgIpc) is 3.88. The summed E-state index contributed by atoms with van der Waals surface area (Å²) in [6.07, 6.45) is 0. The van der Waals surface area contributed by atoms with E-state index < -0.39 is 0 Å². The lowest BCUT2D eigenvalue weighted by Gasteiger charge is -2.22. The van der Waals surface area contributed by atoms with Gasteiger partial charge in [0.2, 0.25) is 5.95 Å². The molecule has 0 bridgehead atoms. The normalized spacial score (nSPS) is 13.1. The molecule has 0 atom stereocenters. The van der Waals surface area contributed by atoms with Crippen LogP contribution in [0.2, 0.25) is 0 Å². The third-order valence-corrected chi connectivity index (χ3v) is 12.5. The van der Waals surface area contributed by atoms with E-state index in [-0.39, 0.29) is 5.41 Å². The highest BCUT2D eigenvalue weighted by atomic mass is 15.2. The van der Waals surface area contributed by atoms with Crippen molar-refractivity contribution in [1.29, 1.82) is 0 Å². The highest BCUT2D eigenvalue weighted by molar-refractivity contribution is 6.12. The summed E-state index contributed by atoms with van der Waals surface area (Å²) in [7, 11) is 0. The maximum atomic E-state index is 5.41. The zero-order valence-corrected chi connectivity index (χ0v) is 32.8. The largest absolute Gasteiger partial charge is 0.309 e. The first kappa shape index (κ1) is 33.6. The molecule has 0 amide bonds. The van der Waals surface area contributed by atoms with Gasteiger partial charge in [0, 0.05) is 43.8 Å². The maximum absolute atomic E-state index is 5.41. The zero-order chi connectivity index (χ0) is 39.2. The van der Waals surface area contributed by atoms with Gasteiger partial charge in [-0.25, -0.2) is 9.97 Å². The summed E-state index contributed by atoms with van der Waals surface area (Å²) >= 11 is 0. The maximum Gasteiger partial charge on any atom is 0.235 e. The minimum atomic E-state index is -0.259. The van der Waals surface area contributed by atoms with E-state index in [0.717, 1.165) is 39.1 Å². The van der Waals surface area contributed by atoms with E-state index in [4.69, 9.17) is 9.97 Å². The molecular formula is C55H38N4. The van der Waals surface area contributed by atoms with Crippen LogP contribution in [0.4, 0.5) is 0 Å². The first-order valence-electron chi connectivity index (χ1n) is 20.3. The lowest BCUT2D eigenvalue weighted by molar-refractivity contribution is 0.660.